The van der Waals surface area contributed by atoms with Crippen molar-refractivity contribution >= 4 is 5.97 Å². The zero-order chi connectivity index (χ0) is 8.69. The second-order valence-electron chi connectivity index (χ2n) is 2.27. The van der Waals surface area contributed by atoms with Crippen molar-refractivity contribution in [2.75, 3.05) is 20.3 Å². The number of rotatable bonds is 5. The highest BCUT2D eigenvalue weighted by molar-refractivity contribution is 5.69. The summed E-state index contributed by atoms with van der Waals surface area (Å²) in [5.41, 5.74) is 0. The van der Waals surface area contributed by atoms with Crippen LogP contribution in [0, 0.1) is 0 Å². The zero-order valence-corrected chi connectivity index (χ0v) is 6.87. The Morgan fingerprint density at radius 3 is 2.64 bits per heavy atom. The Morgan fingerprint density at radius 2 is 2.18 bits per heavy atom. The van der Waals surface area contributed by atoms with Gasteiger partial charge in [-0.1, -0.05) is 0 Å². The first-order valence-corrected chi connectivity index (χ1v) is 3.49. The van der Waals surface area contributed by atoms with E-state index in [0.717, 1.165) is 0 Å². The first-order valence-electron chi connectivity index (χ1n) is 3.49. The van der Waals surface area contributed by atoms with Gasteiger partial charge in [-0.25, -0.2) is 0 Å². The molecule has 1 atom stereocenters. The topological polar surface area (TPSA) is 55.8 Å². The molecule has 0 amide bonds. The van der Waals surface area contributed by atoms with Crippen LogP contribution in [-0.2, 0) is 14.3 Å². The number of carbonyl (C=O) groups is 1. The Labute approximate surface area is 66.1 Å². The van der Waals surface area contributed by atoms with E-state index in [9.17, 15) is 4.79 Å². The molecule has 0 fully saturated rings. The highest BCUT2D eigenvalue weighted by atomic mass is 16.6. The molecule has 1 N–H and O–H groups in total. The predicted octanol–water partition coefficient (Wildman–Crippen LogP) is -0.0531. The average molecular weight is 162 g/mol. The minimum absolute atomic E-state index is 0.0454. The third kappa shape index (κ3) is 7.29. The van der Waals surface area contributed by atoms with Crippen LogP contribution in [0.4, 0.5) is 0 Å². The molecule has 0 radical (unpaired) electrons. The van der Waals surface area contributed by atoms with Crippen LogP contribution < -0.4 is 0 Å². The number of ether oxygens (including phenoxy) is 2. The SMILES string of the molecule is COCCOC(=O)CC(C)O. The van der Waals surface area contributed by atoms with Gasteiger partial charge in [0.1, 0.15) is 6.61 Å². The van der Waals surface area contributed by atoms with Gasteiger partial charge in [-0.05, 0) is 6.92 Å². The Kier molecular flexibility index (Phi) is 5.78. The predicted molar refractivity (Wildman–Crippen MR) is 39.1 cm³/mol. The maximum absolute atomic E-state index is 10.7. The highest BCUT2D eigenvalue weighted by Gasteiger charge is 2.05. The van der Waals surface area contributed by atoms with E-state index in [4.69, 9.17) is 5.11 Å². The monoisotopic (exact) mass is 162 g/mol. The third-order valence-corrected chi connectivity index (χ3v) is 1.01. The summed E-state index contributed by atoms with van der Waals surface area (Å²) in [5, 5.41) is 8.75. The summed E-state index contributed by atoms with van der Waals surface area (Å²) in [5.74, 6) is -0.392. The Morgan fingerprint density at radius 1 is 1.55 bits per heavy atom. The van der Waals surface area contributed by atoms with Gasteiger partial charge in [0.15, 0.2) is 0 Å². The van der Waals surface area contributed by atoms with Crippen molar-refractivity contribution in [2.45, 2.75) is 19.4 Å². The molecule has 0 aromatic rings. The lowest BCUT2D eigenvalue weighted by atomic mass is 10.3. The summed E-state index contributed by atoms with van der Waals surface area (Å²) >= 11 is 0. The molecule has 0 aliphatic carbocycles. The summed E-state index contributed by atoms with van der Waals surface area (Å²) < 4.78 is 9.33. The molecule has 11 heavy (non-hydrogen) atoms. The van der Waals surface area contributed by atoms with E-state index in [2.05, 4.69) is 9.47 Å². The largest absolute Gasteiger partial charge is 0.463 e. The molecule has 0 saturated carbocycles. The highest BCUT2D eigenvalue weighted by Crippen LogP contribution is 1.92. The molecule has 0 heterocycles. The van der Waals surface area contributed by atoms with Crippen molar-refractivity contribution in [3.8, 4) is 0 Å². The van der Waals surface area contributed by atoms with Crippen molar-refractivity contribution in [3.63, 3.8) is 0 Å². The van der Waals surface area contributed by atoms with Gasteiger partial charge in [-0.2, -0.15) is 0 Å². The Hall–Kier alpha value is -0.610. The molecule has 0 aliphatic heterocycles. The second-order valence-corrected chi connectivity index (χ2v) is 2.27. The van der Waals surface area contributed by atoms with E-state index in [1.807, 2.05) is 0 Å². The maximum atomic E-state index is 10.7. The normalized spacial score (nSPS) is 12.6. The molecule has 0 spiro atoms. The molecule has 0 rings (SSSR count). The number of hydrogen-bond acceptors (Lipinski definition) is 4. The molecule has 4 nitrogen and oxygen atoms in total. The molecule has 0 bridgehead atoms. The quantitative estimate of drug-likeness (QED) is 0.454. The number of esters is 1. The van der Waals surface area contributed by atoms with Crippen LogP contribution in [0.3, 0.4) is 0 Å². The van der Waals surface area contributed by atoms with Crippen LogP contribution in [0.15, 0.2) is 0 Å². The molecule has 0 aliphatic rings. The van der Waals surface area contributed by atoms with Crippen molar-refractivity contribution in [1.29, 1.82) is 0 Å². The molecular formula is C7H14O4. The van der Waals surface area contributed by atoms with Gasteiger partial charge in [0.05, 0.1) is 19.1 Å². The third-order valence-electron chi connectivity index (χ3n) is 1.01. The van der Waals surface area contributed by atoms with Gasteiger partial charge in [0.25, 0.3) is 0 Å². The molecule has 4 heteroatoms. The fourth-order valence-electron chi connectivity index (χ4n) is 0.539. The van der Waals surface area contributed by atoms with E-state index in [1.54, 1.807) is 0 Å². The molecular weight excluding hydrogens is 148 g/mol. The number of hydrogen-bond donors (Lipinski definition) is 1. The van der Waals surface area contributed by atoms with Crippen LogP contribution in [0.5, 0.6) is 0 Å². The summed E-state index contributed by atoms with van der Waals surface area (Å²) in [6.45, 7) is 2.19. The number of aliphatic hydroxyl groups is 1. The lowest BCUT2D eigenvalue weighted by molar-refractivity contribution is -0.146. The number of carbonyl (C=O) groups excluding carboxylic acids is 1. The molecule has 0 saturated heterocycles. The lowest BCUT2D eigenvalue weighted by Gasteiger charge is -2.04. The van der Waals surface area contributed by atoms with Crippen LogP contribution >= 0.6 is 0 Å². The van der Waals surface area contributed by atoms with Crippen LogP contribution in [-0.4, -0.2) is 37.5 Å². The molecule has 66 valence electrons. The second kappa shape index (κ2) is 6.12. The van der Waals surface area contributed by atoms with Gasteiger partial charge in [0.2, 0.25) is 0 Å². The van der Waals surface area contributed by atoms with E-state index in [-0.39, 0.29) is 13.0 Å². The standard InChI is InChI=1S/C7H14O4/c1-6(8)5-7(9)11-4-3-10-2/h6,8H,3-5H2,1-2H3. The summed E-state index contributed by atoms with van der Waals surface area (Å²) in [7, 11) is 1.53. The summed E-state index contributed by atoms with van der Waals surface area (Å²) in [4.78, 5) is 10.7. The fourth-order valence-corrected chi connectivity index (χ4v) is 0.539. The first-order chi connectivity index (χ1) is 5.16. The molecule has 0 aromatic heterocycles. The minimum Gasteiger partial charge on any atom is -0.463 e. The minimum atomic E-state index is -0.634. The van der Waals surface area contributed by atoms with Gasteiger partial charge in [-0.3, -0.25) is 4.79 Å². The lowest BCUT2D eigenvalue weighted by Crippen LogP contribution is -2.14. The number of aliphatic hydroxyl groups excluding tert-OH is 1. The van der Waals surface area contributed by atoms with E-state index in [0.29, 0.717) is 6.61 Å². The van der Waals surface area contributed by atoms with Gasteiger partial charge >= 0.3 is 5.97 Å². The van der Waals surface area contributed by atoms with Crippen molar-refractivity contribution in [3.05, 3.63) is 0 Å². The number of methoxy groups -OCH3 is 1. The van der Waals surface area contributed by atoms with Gasteiger partial charge in [-0.15, -0.1) is 0 Å². The van der Waals surface area contributed by atoms with Gasteiger partial charge < -0.3 is 14.6 Å². The van der Waals surface area contributed by atoms with Gasteiger partial charge in [0, 0.05) is 7.11 Å². The van der Waals surface area contributed by atoms with Crippen LogP contribution in [0.2, 0.25) is 0 Å². The van der Waals surface area contributed by atoms with E-state index in [1.165, 1.54) is 14.0 Å². The molecule has 1 unspecified atom stereocenters. The zero-order valence-electron chi connectivity index (χ0n) is 6.87. The van der Waals surface area contributed by atoms with Crippen molar-refractivity contribution < 1.29 is 19.4 Å². The fraction of sp³-hybridized carbons (Fsp3) is 0.857. The molecule has 0 aromatic carbocycles. The van der Waals surface area contributed by atoms with E-state index >= 15 is 0 Å². The van der Waals surface area contributed by atoms with Crippen LogP contribution in [0.25, 0.3) is 0 Å². The summed E-state index contributed by atoms with van der Waals surface area (Å²) in [6, 6.07) is 0. The summed E-state index contributed by atoms with van der Waals surface area (Å²) in [6.07, 6.45) is -0.589. The average Bonchev–Trinajstić information content (AvgIpc) is 1.86. The maximum Gasteiger partial charge on any atom is 0.308 e. The van der Waals surface area contributed by atoms with Crippen molar-refractivity contribution in [2.24, 2.45) is 0 Å². The first kappa shape index (κ1) is 10.4. The van der Waals surface area contributed by atoms with Crippen molar-refractivity contribution in [1.82, 2.24) is 0 Å². The Balaban J connectivity index is 3.23. The Bertz CT molecular complexity index is 111. The van der Waals surface area contributed by atoms with E-state index < -0.39 is 12.1 Å². The van der Waals surface area contributed by atoms with Crippen LogP contribution in [0.1, 0.15) is 13.3 Å². The smallest absolute Gasteiger partial charge is 0.308 e.